The first-order chi connectivity index (χ1) is 11.3. The number of aliphatic hydroxyl groups is 8. The zero-order valence-electron chi connectivity index (χ0n) is 12.8. The van der Waals surface area contributed by atoms with Crippen molar-refractivity contribution in [3.05, 3.63) is 0 Å². The molecule has 0 aliphatic carbocycles. The van der Waals surface area contributed by atoms with E-state index in [1.807, 2.05) is 0 Å². The molecular weight excluding hydrogens is 330 g/mol. The molecule has 2 heterocycles. The average molecular weight is 355 g/mol. The lowest BCUT2D eigenvalue weighted by molar-refractivity contribution is -0.325. The fourth-order valence-corrected chi connectivity index (χ4v) is 2.97. The molecule has 2 aliphatic heterocycles. The first-order valence-electron chi connectivity index (χ1n) is 7.65. The van der Waals surface area contributed by atoms with Crippen molar-refractivity contribution in [1.29, 1.82) is 0 Å². The average Bonchev–Trinajstić information content (AvgIpc) is 2.59. The summed E-state index contributed by atoms with van der Waals surface area (Å²) in [5.74, 6) is 0. The van der Waals surface area contributed by atoms with E-state index in [2.05, 4.69) is 5.32 Å². The molecule has 0 aromatic rings. The molecule has 0 amide bonds. The van der Waals surface area contributed by atoms with Crippen LogP contribution in [0, 0.1) is 0 Å². The second kappa shape index (κ2) is 8.29. The number of ether oxygens (including phenoxy) is 2. The predicted octanol–water partition coefficient (Wildman–Crippen LogP) is -5.78. The normalized spacial score (nSPS) is 50.0. The molecule has 2 fully saturated rings. The van der Waals surface area contributed by atoms with Crippen LogP contribution in [0.5, 0.6) is 0 Å². The molecule has 0 aromatic carbocycles. The molecule has 2 saturated heterocycles. The molecule has 9 N–H and O–H groups in total. The highest BCUT2D eigenvalue weighted by Gasteiger charge is 2.49. The van der Waals surface area contributed by atoms with Crippen molar-refractivity contribution >= 4 is 0 Å². The SMILES string of the molecule is OC[C@H]1N[C@H](CO)[C@H](O[C@H]2O[C@H](CO)[C@H](O)[C@H](O)[C@H]2O)[C@@H](O)[C@@H]1O. The summed E-state index contributed by atoms with van der Waals surface area (Å²) in [4.78, 5) is 0. The Balaban J connectivity index is 2.12. The maximum absolute atomic E-state index is 10.2. The summed E-state index contributed by atoms with van der Waals surface area (Å²) in [6.07, 6.45) is -11.8. The Morgan fingerprint density at radius 1 is 0.708 bits per heavy atom. The number of rotatable bonds is 5. The van der Waals surface area contributed by atoms with Crippen LogP contribution in [0.3, 0.4) is 0 Å². The van der Waals surface area contributed by atoms with Crippen molar-refractivity contribution in [2.45, 2.75) is 61.1 Å². The van der Waals surface area contributed by atoms with Crippen molar-refractivity contribution in [3.8, 4) is 0 Å². The van der Waals surface area contributed by atoms with Crippen molar-refractivity contribution in [3.63, 3.8) is 0 Å². The highest BCUT2D eigenvalue weighted by molar-refractivity contribution is 5.00. The van der Waals surface area contributed by atoms with Crippen LogP contribution in [0.25, 0.3) is 0 Å². The van der Waals surface area contributed by atoms with E-state index < -0.39 is 80.9 Å². The number of aliphatic hydroxyl groups excluding tert-OH is 8. The van der Waals surface area contributed by atoms with Gasteiger partial charge in [-0.05, 0) is 0 Å². The summed E-state index contributed by atoms with van der Waals surface area (Å²) < 4.78 is 10.6. The lowest BCUT2D eigenvalue weighted by Gasteiger charge is -2.46. The predicted molar refractivity (Wildman–Crippen MR) is 75.5 cm³/mol. The van der Waals surface area contributed by atoms with E-state index in [1.165, 1.54) is 0 Å². The molecule has 24 heavy (non-hydrogen) atoms. The van der Waals surface area contributed by atoms with E-state index in [9.17, 15) is 30.6 Å². The molecule has 0 bridgehead atoms. The maximum Gasteiger partial charge on any atom is 0.187 e. The first-order valence-corrected chi connectivity index (χ1v) is 7.65. The van der Waals surface area contributed by atoms with Crippen LogP contribution in [-0.2, 0) is 9.47 Å². The van der Waals surface area contributed by atoms with Gasteiger partial charge in [0.05, 0.1) is 38.0 Å². The highest BCUT2D eigenvalue weighted by Crippen LogP contribution is 2.26. The molecule has 2 aliphatic rings. The van der Waals surface area contributed by atoms with E-state index in [0.29, 0.717) is 0 Å². The van der Waals surface area contributed by atoms with Crippen molar-refractivity contribution < 1.29 is 50.3 Å². The third-order valence-electron chi connectivity index (χ3n) is 4.46. The molecular formula is C13H25NO10. The number of hydrogen-bond acceptors (Lipinski definition) is 11. The molecule has 0 unspecified atom stereocenters. The van der Waals surface area contributed by atoms with Crippen LogP contribution in [0.2, 0.25) is 0 Å². The van der Waals surface area contributed by atoms with Crippen molar-refractivity contribution in [2.24, 2.45) is 0 Å². The summed E-state index contributed by atoms with van der Waals surface area (Å²) in [5.41, 5.74) is 0. The lowest BCUT2D eigenvalue weighted by Crippen LogP contribution is -2.69. The third-order valence-corrected chi connectivity index (χ3v) is 4.46. The highest BCUT2D eigenvalue weighted by atomic mass is 16.7. The second-order valence-corrected chi connectivity index (χ2v) is 6.02. The van der Waals surface area contributed by atoms with Gasteiger partial charge in [0, 0.05) is 0 Å². The molecule has 0 aromatic heterocycles. The summed E-state index contributed by atoms with van der Waals surface area (Å²) in [7, 11) is 0. The van der Waals surface area contributed by atoms with Gasteiger partial charge >= 0.3 is 0 Å². The second-order valence-electron chi connectivity index (χ2n) is 6.02. The van der Waals surface area contributed by atoms with E-state index in [0.717, 1.165) is 0 Å². The Morgan fingerprint density at radius 2 is 1.33 bits per heavy atom. The first kappa shape index (κ1) is 19.9. The molecule has 142 valence electrons. The largest absolute Gasteiger partial charge is 0.395 e. The summed E-state index contributed by atoms with van der Waals surface area (Å²) >= 11 is 0. The van der Waals surface area contributed by atoms with Crippen molar-refractivity contribution in [2.75, 3.05) is 19.8 Å². The monoisotopic (exact) mass is 355 g/mol. The van der Waals surface area contributed by atoms with Gasteiger partial charge < -0.3 is 55.6 Å². The van der Waals surface area contributed by atoms with Gasteiger partial charge in [-0.15, -0.1) is 0 Å². The van der Waals surface area contributed by atoms with E-state index in [1.54, 1.807) is 0 Å². The third kappa shape index (κ3) is 3.71. The Hall–Kier alpha value is -0.440. The summed E-state index contributed by atoms with van der Waals surface area (Å²) in [6.45, 7) is -1.64. The minimum Gasteiger partial charge on any atom is -0.395 e. The van der Waals surface area contributed by atoms with Crippen LogP contribution in [0.1, 0.15) is 0 Å². The van der Waals surface area contributed by atoms with Gasteiger partial charge in [0.2, 0.25) is 0 Å². The topological polar surface area (TPSA) is 192 Å². The minimum atomic E-state index is -1.68. The molecule has 2 rings (SSSR count). The van der Waals surface area contributed by atoms with Gasteiger partial charge in [-0.25, -0.2) is 0 Å². The fraction of sp³-hybridized carbons (Fsp3) is 1.00. The molecule has 10 atom stereocenters. The van der Waals surface area contributed by atoms with Crippen LogP contribution in [0.4, 0.5) is 0 Å². The van der Waals surface area contributed by atoms with E-state index in [-0.39, 0.29) is 0 Å². The quantitative estimate of drug-likeness (QED) is 0.228. The van der Waals surface area contributed by atoms with E-state index >= 15 is 0 Å². The zero-order valence-corrected chi connectivity index (χ0v) is 12.8. The van der Waals surface area contributed by atoms with Crippen LogP contribution in [0.15, 0.2) is 0 Å². The van der Waals surface area contributed by atoms with Gasteiger partial charge in [0.1, 0.15) is 36.6 Å². The van der Waals surface area contributed by atoms with Crippen LogP contribution >= 0.6 is 0 Å². The molecule has 11 heteroatoms. The molecule has 0 radical (unpaired) electrons. The number of nitrogens with one attached hydrogen (secondary N) is 1. The van der Waals surface area contributed by atoms with Gasteiger partial charge in [0.25, 0.3) is 0 Å². The van der Waals surface area contributed by atoms with Crippen molar-refractivity contribution in [1.82, 2.24) is 5.32 Å². The Kier molecular flexibility index (Phi) is 6.87. The number of hydrogen-bond donors (Lipinski definition) is 9. The van der Waals surface area contributed by atoms with Gasteiger partial charge in [-0.1, -0.05) is 0 Å². The molecule has 11 nitrogen and oxygen atoms in total. The Bertz CT molecular complexity index is 397. The van der Waals surface area contributed by atoms with Crippen LogP contribution in [-0.4, -0.2) is 122 Å². The fourth-order valence-electron chi connectivity index (χ4n) is 2.97. The number of piperidine rings is 1. The molecule has 0 spiro atoms. The standard InChI is InChI=1S/C13H25NO10/c15-1-4-7(18)10(21)12(5(2-16)14-4)24-13-11(22)9(20)8(19)6(3-17)23-13/h4-22H,1-3H2/t4-,5-,6-,7-,8+,9+,10+,11-,12+,13-/m1/s1. The minimum absolute atomic E-state index is 0.485. The lowest BCUT2D eigenvalue weighted by atomic mass is 9.90. The summed E-state index contributed by atoms with van der Waals surface area (Å²) in [6, 6.07) is -1.78. The molecule has 0 saturated carbocycles. The van der Waals surface area contributed by atoms with Gasteiger partial charge in [-0.3, -0.25) is 0 Å². The van der Waals surface area contributed by atoms with Gasteiger partial charge in [-0.2, -0.15) is 0 Å². The Morgan fingerprint density at radius 3 is 1.88 bits per heavy atom. The van der Waals surface area contributed by atoms with Crippen LogP contribution < -0.4 is 5.32 Å². The summed E-state index contributed by atoms with van der Waals surface area (Å²) in [5, 5.41) is 79.9. The smallest absolute Gasteiger partial charge is 0.187 e. The Labute approximate surface area is 137 Å². The maximum atomic E-state index is 10.2. The van der Waals surface area contributed by atoms with E-state index in [4.69, 9.17) is 19.7 Å². The zero-order chi connectivity index (χ0) is 18.0. The van der Waals surface area contributed by atoms with Gasteiger partial charge in [0.15, 0.2) is 6.29 Å².